The first-order valence-corrected chi connectivity index (χ1v) is 9.72. The van der Waals surface area contributed by atoms with Crippen LogP contribution < -0.4 is 4.74 Å². The monoisotopic (exact) mass is 397 g/mol. The van der Waals surface area contributed by atoms with E-state index in [0.29, 0.717) is 0 Å². The van der Waals surface area contributed by atoms with Crippen molar-refractivity contribution < 1.29 is 31.4 Å². The highest BCUT2D eigenvalue weighted by Crippen LogP contribution is 2.47. The second kappa shape index (κ2) is 6.55. The van der Waals surface area contributed by atoms with E-state index in [1.54, 1.807) is 6.07 Å². The van der Waals surface area contributed by atoms with E-state index in [9.17, 15) is 26.7 Å². The highest BCUT2D eigenvalue weighted by atomic mass is 32.2. The molecule has 1 aliphatic rings. The summed E-state index contributed by atoms with van der Waals surface area (Å²) in [4.78, 5) is -0.409. The van der Waals surface area contributed by atoms with Gasteiger partial charge in [-0.1, -0.05) is 0 Å². The van der Waals surface area contributed by atoms with Crippen molar-refractivity contribution in [1.82, 2.24) is 0 Å². The lowest BCUT2D eigenvalue weighted by atomic mass is 9.86. The third kappa shape index (κ3) is 3.63. The molecule has 1 unspecified atom stereocenters. The maximum Gasteiger partial charge on any atom is 0.277 e. The Labute approximate surface area is 153 Å². The van der Waals surface area contributed by atoms with Gasteiger partial charge in [-0.3, -0.25) is 0 Å². The summed E-state index contributed by atoms with van der Waals surface area (Å²) in [7, 11) is -3.89. The number of ether oxygens (including phenoxy) is 1. The summed E-state index contributed by atoms with van der Waals surface area (Å²) in [6, 6.07) is 7.36. The van der Waals surface area contributed by atoms with Crippen LogP contribution in [-0.2, 0) is 16.3 Å². The Morgan fingerprint density at radius 1 is 1.30 bits per heavy atom. The third-order valence-electron chi connectivity index (χ3n) is 4.28. The van der Waals surface area contributed by atoms with Gasteiger partial charge in [0.15, 0.2) is 9.84 Å². The minimum atomic E-state index is -3.89. The van der Waals surface area contributed by atoms with Crippen molar-refractivity contribution in [1.29, 1.82) is 5.26 Å². The lowest BCUT2D eigenvalue weighted by Crippen LogP contribution is -2.33. The molecular formula is C18H14F3NO4S. The van der Waals surface area contributed by atoms with Gasteiger partial charge in [0.05, 0.1) is 16.5 Å². The van der Waals surface area contributed by atoms with Crippen molar-refractivity contribution in [3.8, 4) is 17.6 Å². The molecule has 0 amide bonds. The van der Waals surface area contributed by atoms with Crippen LogP contribution in [0, 0.1) is 17.1 Å². The van der Waals surface area contributed by atoms with Gasteiger partial charge in [-0.15, -0.1) is 0 Å². The summed E-state index contributed by atoms with van der Waals surface area (Å²) in [5.74, 6) is -4.25. The summed E-state index contributed by atoms with van der Waals surface area (Å²) in [5, 5.41) is 19.0. The van der Waals surface area contributed by atoms with Gasteiger partial charge in [0.25, 0.3) is 5.92 Å². The van der Waals surface area contributed by atoms with E-state index >= 15 is 0 Å². The van der Waals surface area contributed by atoms with E-state index in [4.69, 9.17) is 10.00 Å². The molecule has 142 valence electrons. The molecule has 1 N–H and O–H groups in total. The lowest BCUT2D eigenvalue weighted by molar-refractivity contribution is -0.123. The smallest absolute Gasteiger partial charge is 0.277 e. The Morgan fingerprint density at radius 2 is 2.00 bits per heavy atom. The first-order valence-electron chi connectivity index (χ1n) is 7.83. The molecule has 0 fully saturated rings. The molecule has 0 aliphatic heterocycles. The minimum absolute atomic E-state index is 0.00167. The van der Waals surface area contributed by atoms with Crippen LogP contribution in [0.1, 0.15) is 29.2 Å². The molecule has 0 spiro atoms. The number of alkyl halides is 2. The normalized spacial score (nSPS) is 18.4. The Hall–Kier alpha value is -2.57. The number of hydrogen-bond donors (Lipinski definition) is 1. The highest BCUT2D eigenvalue weighted by Gasteiger charge is 2.46. The molecule has 9 heteroatoms. The maximum absolute atomic E-state index is 14.0. The Morgan fingerprint density at radius 3 is 2.63 bits per heavy atom. The van der Waals surface area contributed by atoms with Crippen LogP contribution in [0.3, 0.4) is 0 Å². The molecule has 27 heavy (non-hydrogen) atoms. The fourth-order valence-electron chi connectivity index (χ4n) is 3.05. The molecular weight excluding hydrogens is 383 g/mol. The van der Waals surface area contributed by atoms with Crippen molar-refractivity contribution in [2.45, 2.75) is 29.8 Å². The first kappa shape index (κ1) is 19.2. The van der Waals surface area contributed by atoms with E-state index in [-0.39, 0.29) is 29.0 Å². The zero-order valence-corrected chi connectivity index (χ0v) is 14.9. The van der Waals surface area contributed by atoms with Crippen LogP contribution in [-0.4, -0.2) is 25.7 Å². The summed E-state index contributed by atoms with van der Waals surface area (Å²) < 4.78 is 71.1. The SMILES string of the molecule is CS(=O)(=O)c1ccc(Oc2cc(F)cc(C#N)c2)c2c1C(O)C(F)(F)CC2. The van der Waals surface area contributed by atoms with E-state index in [0.717, 1.165) is 24.5 Å². The highest BCUT2D eigenvalue weighted by molar-refractivity contribution is 7.90. The van der Waals surface area contributed by atoms with Gasteiger partial charge in [0, 0.05) is 29.9 Å². The molecule has 1 atom stereocenters. The van der Waals surface area contributed by atoms with E-state index < -0.39 is 44.6 Å². The fourth-order valence-corrected chi connectivity index (χ4v) is 4.00. The number of sulfone groups is 1. The molecule has 2 aromatic carbocycles. The van der Waals surface area contributed by atoms with Gasteiger partial charge in [0.2, 0.25) is 0 Å². The summed E-state index contributed by atoms with van der Waals surface area (Å²) >= 11 is 0. The van der Waals surface area contributed by atoms with Gasteiger partial charge >= 0.3 is 0 Å². The van der Waals surface area contributed by atoms with Crippen molar-refractivity contribution >= 4 is 9.84 Å². The van der Waals surface area contributed by atoms with Crippen LogP contribution in [0.4, 0.5) is 13.2 Å². The zero-order valence-electron chi connectivity index (χ0n) is 14.0. The van der Waals surface area contributed by atoms with Gasteiger partial charge < -0.3 is 9.84 Å². The van der Waals surface area contributed by atoms with E-state index in [1.807, 2.05) is 0 Å². The average molecular weight is 397 g/mol. The molecule has 0 bridgehead atoms. The van der Waals surface area contributed by atoms with Crippen molar-refractivity contribution in [3.05, 3.63) is 52.8 Å². The molecule has 1 aliphatic carbocycles. The van der Waals surface area contributed by atoms with Crippen LogP contribution >= 0.6 is 0 Å². The van der Waals surface area contributed by atoms with Crippen LogP contribution in [0.5, 0.6) is 11.5 Å². The first-order chi connectivity index (χ1) is 12.5. The standard InChI is InChI=1S/C18H14F3NO4S/c1-27(24,25)15-3-2-14(13-4-5-18(20,21)17(23)16(13)15)26-12-7-10(9-22)6-11(19)8-12/h2-3,6-8,17,23H,4-5H2,1H3. The lowest BCUT2D eigenvalue weighted by Gasteiger charge is -2.32. The van der Waals surface area contributed by atoms with Crippen molar-refractivity contribution in [2.75, 3.05) is 6.26 Å². The van der Waals surface area contributed by atoms with Gasteiger partial charge in [-0.05, 0) is 30.7 Å². The number of hydrogen-bond acceptors (Lipinski definition) is 5. The van der Waals surface area contributed by atoms with Crippen LogP contribution in [0.2, 0.25) is 0 Å². The molecule has 3 rings (SSSR count). The predicted molar refractivity (Wildman–Crippen MR) is 89.0 cm³/mol. The topological polar surface area (TPSA) is 87.4 Å². The largest absolute Gasteiger partial charge is 0.457 e. The van der Waals surface area contributed by atoms with Gasteiger partial charge in [-0.25, -0.2) is 21.6 Å². The summed E-state index contributed by atoms with van der Waals surface area (Å²) in [5.41, 5.74) is -0.305. The van der Waals surface area contributed by atoms with Gasteiger partial charge in [-0.2, -0.15) is 5.26 Å². The van der Waals surface area contributed by atoms with Crippen molar-refractivity contribution in [3.63, 3.8) is 0 Å². The summed E-state index contributed by atoms with van der Waals surface area (Å²) in [6.45, 7) is 0. The zero-order chi connectivity index (χ0) is 20.0. The van der Waals surface area contributed by atoms with Gasteiger partial charge in [0.1, 0.15) is 23.4 Å². The molecule has 5 nitrogen and oxygen atoms in total. The predicted octanol–water partition coefficient (Wildman–Crippen LogP) is 3.51. The fraction of sp³-hybridized carbons (Fsp3) is 0.278. The average Bonchev–Trinajstić information content (AvgIpc) is 2.57. The number of nitrogens with zero attached hydrogens (tertiary/aromatic N) is 1. The van der Waals surface area contributed by atoms with Crippen LogP contribution in [0.15, 0.2) is 35.2 Å². The van der Waals surface area contributed by atoms with Crippen molar-refractivity contribution in [2.24, 2.45) is 0 Å². The molecule has 0 heterocycles. The maximum atomic E-state index is 14.0. The third-order valence-corrected chi connectivity index (χ3v) is 5.44. The number of nitriles is 1. The number of fused-ring (bicyclic) bond motifs is 1. The molecule has 0 aromatic heterocycles. The van der Waals surface area contributed by atoms with Crippen LogP contribution in [0.25, 0.3) is 0 Å². The Bertz CT molecular complexity index is 1060. The quantitative estimate of drug-likeness (QED) is 0.857. The number of benzene rings is 2. The molecule has 0 radical (unpaired) electrons. The number of aliphatic hydroxyl groups excluding tert-OH is 1. The van der Waals surface area contributed by atoms with E-state index in [2.05, 4.69) is 0 Å². The second-order valence-electron chi connectivity index (χ2n) is 6.28. The second-order valence-corrected chi connectivity index (χ2v) is 8.26. The Balaban J connectivity index is 2.16. The molecule has 2 aromatic rings. The summed E-state index contributed by atoms with van der Waals surface area (Å²) in [6.07, 6.45) is -2.39. The molecule has 0 saturated carbocycles. The molecule has 0 saturated heterocycles. The minimum Gasteiger partial charge on any atom is -0.457 e. The van der Waals surface area contributed by atoms with E-state index in [1.165, 1.54) is 12.1 Å². The number of rotatable bonds is 3. The Kier molecular flexibility index (Phi) is 4.66. The number of halogens is 3. The number of aliphatic hydroxyl groups is 1.